The van der Waals surface area contributed by atoms with E-state index in [-0.39, 0.29) is 12.3 Å². The first-order chi connectivity index (χ1) is 18.4. The first-order valence-corrected chi connectivity index (χ1v) is 13.7. The number of nitrogens with zero attached hydrogens (tertiary/aromatic N) is 5. The number of fused-ring (bicyclic) bond motifs is 1. The van der Waals surface area contributed by atoms with Crippen LogP contribution in [0.3, 0.4) is 0 Å². The average Bonchev–Trinajstić information content (AvgIpc) is 3.21. The summed E-state index contributed by atoms with van der Waals surface area (Å²) in [5.74, 6) is 2.08. The van der Waals surface area contributed by atoms with Crippen molar-refractivity contribution in [1.82, 2.24) is 25.1 Å². The number of aromatic amines is 1. The van der Waals surface area contributed by atoms with E-state index in [1.54, 1.807) is 35.6 Å². The summed E-state index contributed by atoms with van der Waals surface area (Å²) in [7, 11) is 0. The van der Waals surface area contributed by atoms with Crippen LogP contribution in [0.4, 0.5) is 10.3 Å². The first kappa shape index (κ1) is 25.1. The maximum Gasteiger partial charge on any atom is 0.227 e. The Kier molecular flexibility index (Phi) is 6.72. The van der Waals surface area contributed by atoms with E-state index >= 15 is 0 Å². The van der Waals surface area contributed by atoms with Gasteiger partial charge in [-0.15, -0.1) is 0 Å². The van der Waals surface area contributed by atoms with Crippen molar-refractivity contribution in [2.75, 3.05) is 24.6 Å². The second-order valence-corrected chi connectivity index (χ2v) is 11.5. The number of halogens is 2. The molecule has 3 aromatic rings. The van der Waals surface area contributed by atoms with Crippen LogP contribution in [0.1, 0.15) is 49.4 Å². The molecule has 200 valence electrons. The standard InChI is InChI=1S/C28H32ClFN6O2/c1-28(20-4-7-35(8-5-20)27-31-14-22(29)15-32-27)12-21(28)6-9-38-23-3-2-18(24(30)11-23)10-26(37)36-16-19-13-33-34-25(19)17-36/h2-3,11,13-15,20-21H,4-10,12,16-17H2,1H3,(H,33,34)/t21-,28-/m1/s1. The maximum absolute atomic E-state index is 14.8. The predicted molar refractivity (Wildman–Crippen MR) is 141 cm³/mol. The van der Waals surface area contributed by atoms with Gasteiger partial charge in [0.25, 0.3) is 0 Å². The van der Waals surface area contributed by atoms with Crippen molar-refractivity contribution in [2.45, 2.75) is 52.1 Å². The topological polar surface area (TPSA) is 87.2 Å². The van der Waals surface area contributed by atoms with Crippen LogP contribution in [0, 0.1) is 23.1 Å². The molecule has 4 heterocycles. The van der Waals surface area contributed by atoms with Gasteiger partial charge in [0.05, 0.1) is 48.9 Å². The second-order valence-electron chi connectivity index (χ2n) is 11.1. The van der Waals surface area contributed by atoms with Gasteiger partial charge in [0.1, 0.15) is 11.6 Å². The number of carbonyl (C=O) groups is 1. The number of H-pyrrole nitrogens is 1. The molecule has 38 heavy (non-hydrogen) atoms. The van der Waals surface area contributed by atoms with Crippen LogP contribution < -0.4 is 9.64 Å². The van der Waals surface area contributed by atoms with Gasteiger partial charge in [-0.25, -0.2) is 14.4 Å². The predicted octanol–water partition coefficient (Wildman–Crippen LogP) is 4.79. The van der Waals surface area contributed by atoms with E-state index < -0.39 is 5.82 Å². The van der Waals surface area contributed by atoms with Gasteiger partial charge >= 0.3 is 0 Å². The number of rotatable bonds is 8. The SMILES string of the molecule is C[C@]1(C2CCN(c3ncc(Cl)cn3)CC2)C[C@H]1CCOc1ccc(CC(=O)N2Cc3cn[nH]c3C2)c(F)c1. The summed E-state index contributed by atoms with van der Waals surface area (Å²) in [5.41, 5.74) is 2.71. The molecule has 6 rings (SSSR count). The van der Waals surface area contributed by atoms with Crippen LogP contribution in [0.2, 0.25) is 5.02 Å². The molecule has 8 nitrogen and oxygen atoms in total. The monoisotopic (exact) mass is 538 g/mol. The maximum atomic E-state index is 14.8. The van der Waals surface area contributed by atoms with Gasteiger partial charge in [0.2, 0.25) is 11.9 Å². The van der Waals surface area contributed by atoms with Crippen molar-refractivity contribution in [2.24, 2.45) is 17.3 Å². The van der Waals surface area contributed by atoms with Gasteiger partial charge < -0.3 is 14.5 Å². The number of amides is 1. The summed E-state index contributed by atoms with van der Waals surface area (Å²) in [6.45, 7) is 5.89. The highest BCUT2D eigenvalue weighted by Crippen LogP contribution is 2.61. The van der Waals surface area contributed by atoms with Gasteiger partial charge in [0.15, 0.2) is 0 Å². The third-order valence-corrected chi connectivity index (χ3v) is 8.94. The van der Waals surface area contributed by atoms with Crippen molar-refractivity contribution in [1.29, 1.82) is 0 Å². The highest BCUT2D eigenvalue weighted by molar-refractivity contribution is 6.30. The van der Waals surface area contributed by atoms with E-state index in [1.165, 1.54) is 12.5 Å². The Labute approximate surface area is 226 Å². The van der Waals surface area contributed by atoms with Crippen LogP contribution in [0.5, 0.6) is 5.75 Å². The second kappa shape index (κ2) is 10.2. The lowest BCUT2D eigenvalue weighted by Crippen LogP contribution is -2.37. The molecule has 3 aliphatic rings. The van der Waals surface area contributed by atoms with E-state index in [0.717, 1.165) is 49.6 Å². The lowest BCUT2D eigenvalue weighted by Gasteiger charge is -2.35. The van der Waals surface area contributed by atoms with Crippen molar-refractivity contribution < 1.29 is 13.9 Å². The molecule has 2 atom stereocenters. The zero-order chi connectivity index (χ0) is 26.3. The first-order valence-electron chi connectivity index (χ1n) is 13.3. The van der Waals surface area contributed by atoms with Crippen molar-refractivity contribution in [3.8, 4) is 5.75 Å². The minimum Gasteiger partial charge on any atom is -0.493 e. The zero-order valence-corrected chi connectivity index (χ0v) is 22.3. The molecule has 2 aliphatic heterocycles. The fourth-order valence-corrected chi connectivity index (χ4v) is 6.30. The van der Waals surface area contributed by atoms with E-state index in [0.29, 0.717) is 53.3 Å². The third kappa shape index (κ3) is 5.08. The van der Waals surface area contributed by atoms with Crippen LogP contribution in [-0.4, -0.2) is 50.7 Å². The fraction of sp³-hybridized carbons (Fsp3) is 0.500. The highest BCUT2D eigenvalue weighted by Gasteiger charge is 2.54. The van der Waals surface area contributed by atoms with E-state index in [4.69, 9.17) is 16.3 Å². The molecule has 0 unspecified atom stereocenters. The molecule has 1 saturated heterocycles. The highest BCUT2D eigenvalue weighted by atomic mass is 35.5. The summed E-state index contributed by atoms with van der Waals surface area (Å²) in [5, 5.41) is 7.45. The molecule has 0 bridgehead atoms. The van der Waals surface area contributed by atoms with Crippen molar-refractivity contribution in [3.05, 3.63) is 64.5 Å². The smallest absolute Gasteiger partial charge is 0.227 e. The third-order valence-electron chi connectivity index (χ3n) is 8.75. The average molecular weight is 539 g/mol. The van der Waals surface area contributed by atoms with E-state index in [2.05, 4.69) is 32.0 Å². The normalized spacial score (nSPS) is 23.0. The van der Waals surface area contributed by atoms with Crippen molar-refractivity contribution >= 4 is 23.5 Å². The summed E-state index contributed by atoms with van der Waals surface area (Å²) in [6, 6.07) is 4.83. The number of hydrogen-bond donors (Lipinski definition) is 1. The van der Waals surface area contributed by atoms with Crippen molar-refractivity contribution in [3.63, 3.8) is 0 Å². The quantitative estimate of drug-likeness (QED) is 0.444. The van der Waals surface area contributed by atoms with Gasteiger partial charge in [-0.1, -0.05) is 24.6 Å². The van der Waals surface area contributed by atoms with E-state index in [9.17, 15) is 9.18 Å². The Morgan fingerprint density at radius 3 is 2.74 bits per heavy atom. The molecule has 0 spiro atoms. The molecule has 1 saturated carbocycles. The Hall–Kier alpha value is -3.20. The Morgan fingerprint density at radius 2 is 2.00 bits per heavy atom. The number of hydrogen-bond acceptors (Lipinski definition) is 6. The van der Waals surface area contributed by atoms with Crippen LogP contribution in [0.15, 0.2) is 36.8 Å². The molecule has 1 amide bonds. The summed E-state index contributed by atoms with van der Waals surface area (Å²) in [4.78, 5) is 25.3. The van der Waals surface area contributed by atoms with Crippen LogP contribution in [-0.2, 0) is 24.3 Å². The number of ether oxygens (including phenoxy) is 1. The van der Waals surface area contributed by atoms with Gasteiger partial charge in [0, 0.05) is 31.3 Å². The molecule has 10 heteroatoms. The number of anilines is 1. The molecule has 1 aliphatic carbocycles. The Bertz CT molecular complexity index is 1290. The molecular weight excluding hydrogens is 507 g/mol. The Balaban J connectivity index is 0.943. The van der Waals surface area contributed by atoms with Gasteiger partial charge in [-0.3, -0.25) is 9.89 Å². The molecule has 2 fully saturated rings. The number of nitrogens with one attached hydrogen (secondary N) is 1. The molecular formula is C28H32ClFN6O2. The number of piperidine rings is 1. The van der Waals surface area contributed by atoms with Crippen LogP contribution in [0.25, 0.3) is 0 Å². The summed E-state index contributed by atoms with van der Waals surface area (Å²) >= 11 is 5.91. The van der Waals surface area contributed by atoms with Crippen LogP contribution >= 0.6 is 11.6 Å². The number of benzene rings is 1. The number of carbonyl (C=O) groups excluding carboxylic acids is 1. The summed E-state index contributed by atoms with van der Waals surface area (Å²) in [6.07, 6.45) is 9.51. The molecule has 1 aromatic carbocycles. The lowest BCUT2D eigenvalue weighted by atomic mass is 9.81. The van der Waals surface area contributed by atoms with E-state index in [1.807, 2.05) is 0 Å². The lowest BCUT2D eigenvalue weighted by molar-refractivity contribution is -0.131. The fourth-order valence-electron chi connectivity index (χ4n) is 6.21. The largest absolute Gasteiger partial charge is 0.493 e. The molecule has 2 aromatic heterocycles. The van der Waals surface area contributed by atoms with Gasteiger partial charge in [-0.05, 0) is 54.6 Å². The zero-order valence-electron chi connectivity index (χ0n) is 21.5. The Morgan fingerprint density at radius 1 is 1.21 bits per heavy atom. The van der Waals surface area contributed by atoms with Gasteiger partial charge in [-0.2, -0.15) is 5.10 Å². The number of aromatic nitrogens is 4. The molecule has 0 radical (unpaired) electrons. The molecule has 1 N–H and O–H groups in total. The summed E-state index contributed by atoms with van der Waals surface area (Å²) < 4.78 is 20.7. The minimum atomic E-state index is -0.400. The minimum absolute atomic E-state index is 0.0349.